The number of benzene rings is 1. The molecular formula is C17H22FNO2. The molecule has 0 saturated carbocycles. The highest BCUT2D eigenvalue weighted by Gasteiger charge is 2.37. The lowest BCUT2D eigenvalue weighted by molar-refractivity contribution is -0.131. The van der Waals surface area contributed by atoms with Crippen LogP contribution < -0.4 is 0 Å². The molecule has 21 heavy (non-hydrogen) atoms. The average molecular weight is 291 g/mol. The predicted octanol–water partition coefficient (Wildman–Crippen LogP) is 2.99. The number of allylic oxidation sites excluding steroid dienone is 1. The second-order valence-corrected chi connectivity index (χ2v) is 6.18. The maximum absolute atomic E-state index is 12.9. The fourth-order valence-electron chi connectivity index (χ4n) is 2.83. The first kappa shape index (κ1) is 15.7. The molecule has 1 heterocycles. The summed E-state index contributed by atoms with van der Waals surface area (Å²) >= 11 is 0. The number of aliphatic hydroxyl groups is 1. The Morgan fingerprint density at radius 1 is 1.38 bits per heavy atom. The summed E-state index contributed by atoms with van der Waals surface area (Å²) in [6.07, 6.45) is 3.29. The van der Waals surface area contributed by atoms with E-state index in [0.717, 1.165) is 24.0 Å². The summed E-state index contributed by atoms with van der Waals surface area (Å²) in [5, 5.41) is 10.2. The van der Waals surface area contributed by atoms with Gasteiger partial charge in [-0.2, -0.15) is 0 Å². The molecule has 1 aromatic carbocycles. The Balaban J connectivity index is 2.16. The number of nitrogens with zero attached hydrogens (tertiary/aromatic N) is 1. The predicted molar refractivity (Wildman–Crippen MR) is 81.1 cm³/mol. The zero-order chi connectivity index (χ0) is 15.6. The minimum Gasteiger partial charge on any atom is -0.388 e. The standard InChI is InChI=1S/C17H22FNO2/c1-12(13-6-8-14(18)9-7-13)11-16(20)19-10-4-5-15(19)17(2,3)21/h6-9,11,15,21H,4-5,10H2,1-3H3/b12-11-. The first-order valence-electron chi connectivity index (χ1n) is 7.26. The van der Waals surface area contributed by atoms with Crippen molar-refractivity contribution in [1.82, 2.24) is 4.90 Å². The van der Waals surface area contributed by atoms with E-state index in [9.17, 15) is 14.3 Å². The molecule has 1 fully saturated rings. The molecular weight excluding hydrogens is 269 g/mol. The zero-order valence-electron chi connectivity index (χ0n) is 12.8. The number of carbonyl (C=O) groups is 1. The minimum atomic E-state index is -0.899. The van der Waals surface area contributed by atoms with Gasteiger partial charge in [0.25, 0.3) is 0 Å². The molecule has 1 aliphatic rings. The Labute approximate surface area is 125 Å². The van der Waals surface area contributed by atoms with Crippen LogP contribution in [-0.4, -0.2) is 34.1 Å². The lowest BCUT2D eigenvalue weighted by Crippen LogP contribution is -2.47. The van der Waals surface area contributed by atoms with E-state index in [2.05, 4.69) is 0 Å². The molecule has 1 saturated heterocycles. The van der Waals surface area contributed by atoms with Gasteiger partial charge in [-0.3, -0.25) is 4.79 Å². The molecule has 114 valence electrons. The van der Waals surface area contributed by atoms with Crippen LogP contribution in [0, 0.1) is 5.82 Å². The van der Waals surface area contributed by atoms with E-state index in [1.54, 1.807) is 37.0 Å². The Kier molecular flexibility index (Phi) is 4.47. The molecule has 1 atom stereocenters. The molecule has 0 radical (unpaired) electrons. The van der Waals surface area contributed by atoms with Crippen LogP contribution in [-0.2, 0) is 4.79 Å². The van der Waals surface area contributed by atoms with E-state index in [4.69, 9.17) is 0 Å². The van der Waals surface area contributed by atoms with Crippen LogP contribution in [0.15, 0.2) is 30.3 Å². The fraction of sp³-hybridized carbons (Fsp3) is 0.471. The minimum absolute atomic E-state index is 0.0959. The summed E-state index contributed by atoms with van der Waals surface area (Å²) in [5.41, 5.74) is 0.717. The Bertz CT molecular complexity index is 543. The zero-order valence-corrected chi connectivity index (χ0v) is 12.8. The van der Waals surface area contributed by atoms with Crippen molar-refractivity contribution in [1.29, 1.82) is 0 Å². The summed E-state index contributed by atoms with van der Waals surface area (Å²) in [4.78, 5) is 14.1. The number of hydrogen-bond acceptors (Lipinski definition) is 2. The Morgan fingerprint density at radius 2 is 2.00 bits per heavy atom. The van der Waals surface area contributed by atoms with Crippen LogP contribution in [0.3, 0.4) is 0 Å². The molecule has 0 aromatic heterocycles. The van der Waals surface area contributed by atoms with Crippen LogP contribution in [0.4, 0.5) is 4.39 Å². The molecule has 1 aromatic rings. The van der Waals surface area contributed by atoms with Crippen molar-refractivity contribution < 1.29 is 14.3 Å². The summed E-state index contributed by atoms with van der Waals surface area (Å²) in [6, 6.07) is 5.93. The molecule has 1 N–H and O–H groups in total. The highest BCUT2D eigenvalue weighted by atomic mass is 19.1. The number of hydrogen-bond donors (Lipinski definition) is 1. The SMILES string of the molecule is C/C(=C/C(=O)N1CCCC1C(C)(C)O)c1ccc(F)cc1. The molecule has 1 unspecified atom stereocenters. The lowest BCUT2D eigenvalue weighted by atomic mass is 9.96. The average Bonchev–Trinajstić information content (AvgIpc) is 2.88. The van der Waals surface area contributed by atoms with Gasteiger partial charge in [0, 0.05) is 12.6 Å². The number of rotatable bonds is 3. The third-order valence-corrected chi connectivity index (χ3v) is 3.99. The monoisotopic (exact) mass is 291 g/mol. The molecule has 2 rings (SSSR count). The summed E-state index contributed by atoms with van der Waals surface area (Å²) < 4.78 is 12.9. The largest absolute Gasteiger partial charge is 0.388 e. The van der Waals surface area contributed by atoms with Crippen molar-refractivity contribution in [2.45, 2.75) is 45.3 Å². The third-order valence-electron chi connectivity index (χ3n) is 3.99. The van der Waals surface area contributed by atoms with Crippen LogP contribution >= 0.6 is 0 Å². The smallest absolute Gasteiger partial charge is 0.247 e. The molecule has 1 aliphatic heterocycles. The van der Waals surface area contributed by atoms with Crippen molar-refractivity contribution in [2.75, 3.05) is 6.54 Å². The van der Waals surface area contributed by atoms with Crippen LogP contribution in [0.5, 0.6) is 0 Å². The van der Waals surface area contributed by atoms with Crippen LogP contribution in [0.1, 0.15) is 39.2 Å². The van der Waals surface area contributed by atoms with E-state index in [1.165, 1.54) is 12.1 Å². The van der Waals surface area contributed by atoms with Gasteiger partial charge in [0.15, 0.2) is 0 Å². The first-order chi connectivity index (χ1) is 9.79. The second kappa shape index (κ2) is 5.98. The first-order valence-corrected chi connectivity index (χ1v) is 7.26. The molecule has 4 heteroatoms. The normalized spacial score (nSPS) is 20.0. The summed E-state index contributed by atoms with van der Waals surface area (Å²) in [6.45, 7) is 5.97. The van der Waals surface area contributed by atoms with E-state index < -0.39 is 5.60 Å². The number of halogens is 1. The third kappa shape index (κ3) is 3.70. The van der Waals surface area contributed by atoms with Gasteiger partial charge < -0.3 is 10.0 Å². The number of likely N-dealkylation sites (tertiary alicyclic amines) is 1. The lowest BCUT2D eigenvalue weighted by Gasteiger charge is -2.33. The maximum atomic E-state index is 12.9. The molecule has 0 aliphatic carbocycles. The fourth-order valence-corrected chi connectivity index (χ4v) is 2.83. The topological polar surface area (TPSA) is 40.5 Å². The Hall–Kier alpha value is -1.68. The van der Waals surface area contributed by atoms with Gasteiger partial charge in [-0.1, -0.05) is 12.1 Å². The van der Waals surface area contributed by atoms with Crippen molar-refractivity contribution in [2.24, 2.45) is 0 Å². The maximum Gasteiger partial charge on any atom is 0.247 e. The van der Waals surface area contributed by atoms with Crippen molar-refractivity contribution in [3.63, 3.8) is 0 Å². The quantitative estimate of drug-likeness (QED) is 0.870. The number of carbonyl (C=O) groups excluding carboxylic acids is 1. The van der Waals surface area contributed by atoms with Gasteiger partial charge in [0.05, 0.1) is 11.6 Å². The van der Waals surface area contributed by atoms with Gasteiger partial charge in [-0.25, -0.2) is 4.39 Å². The van der Waals surface area contributed by atoms with Gasteiger partial charge in [0.1, 0.15) is 5.82 Å². The van der Waals surface area contributed by atoms with E-state index in [-0.39, 0.29) is 17.8 Å². The van der Waals surface area contributed by atoms with Gasteiger partial charge in [-0.15, -0.1) is 0 Å². The second-order valence-electron chi connectivity index (χ2n) is 6.18. The van der Waals surface area contributed by atoms with E-state index in [0.29, 0.717) is 6.54 Å². The Morgan fingerprint density at radius 3 is 2.57 bits per heavy atom. The number of amides is 1. The van der Waals surface area contributed by atoms with E-state index in [1.807, 2.05) is 6.92 Å². The summed E-state index contributed by atoms with van der Waals surface area (Å²) in [5.74, 6) is -0.388. The van der Waals surface area contributed by atoms with Gasteiger partial charge >= 0.3 is 0 Å². The highest BCUT2D eigenvalue weighted by Crippen LogP contribution is 2.27. The molecule has 3 nitrogen and oxygen atoms in total. The van der Waals surface area contributed by atoms with E-state index >= 15 is 0 Å². The van der Waals surface area contributed by atoms with Crippen molar-refractivity contribution in [3.05, 3.63) is 41.7 Å². The van der Waals surface area contributed by atoms with Crippen molar-refractivity contribution >= 4 is 11.5 Å². The molecule has 0 spiro atoms. The van der Waals surface area contributed by atoms with Gasteiger partial charge in [-0.05, 0) is 56.9 Å². The summed E-state index contributed by atoms with van der Waals surface area (Å²) in [7, 11) is 0. The van der Waals surface area contributed by atoms with Crippen LogP contribution in [0.2, 0.25) is 0 Å². The van der Waals surface area contributed by atoms with Crippen molar-refractivity contribution in [3.8, 4) is 0 Å². The van der Waals surface area contributed by atoms with Crippen LogP contribution in [0.25, 0.3) is 5.57 Å². The molecule has 0 bridgehead atoms. The van der Waals surface area contributed by atoms with Gasteiger partial charge in [0.2, 0.25) is 5.91 Å². The highest BCUT2D eigenvalue weighted by molar-refractivity contribution is 5.95. The molecule has 1 amide bonds.